The lowest BCUT2D eigenvalue weighted by molar-refractivity contribution is 0.148. The number of aliphatic hydroxyl groups is 1. The van der Waals surface area contributed by atoms with Crippen LogP contribution >= 0.6 is 0 Å². The molecule has 0 unspecified atom stereocenters. The molecule has 1 N–H and O–H groups in total. The Balaban J connectivity index is 2.43. The molecule has 0 aromatic heterocycles. The molecule has 0 aromatic carbocycles. The largest absolute Gasteiger partial charge is 0.389 e. The number of hydrogen-bond donors (Lipinski definition) is 1. The van der Waals surface area contributed by atoms with Crippen molar-refractivity contribution < 1.29 is 5.11 Å². The highest BCUT2D eigenvalue weighted by molar-refractivity contribution is 5.39. The van der Waals surface area contributed by atoms with Crippen LogP contribution in [-0.4, -0.2) is 11.2 Å². The van der Waals surface area contributed by atoms with Gasteiger partial charge in [0.15, 0.2) is 5.41 Å². The molecule has 15 heavy (non-hydrogen) atoms. The third-order valence-electron chi connectivity index (χ3n) is 3.74. The number of aliphatic hydroxyl groups excluding tert-OH is 1. The van der Waals surface area contributed by atoms with E-state index in [2.05, 4.69) is 12.1 Å². The minimum atomic E-state index is -0.902. The summed E-state index contributed by atoms with van der Waals surface area (Å²) < 4.78 is 0. The zero-order chi connectivity index (χ0) is 11.1. The van der Waals surface area contributed by atoms with Gasteiger partial charge in [0.25, 0.3) is 0 Å². The molecule has 0 aromatic rings. The van der Waals surface area contributed by atoms with Gasteiger partial charge in [0, 0.05) is 12.3 Å². The molecule has 1 fully saturated rings. The van der Waals surface area contributed by atoms with Gasteiger partial charge in [0.2, 0.25) is 0 Å². The molecular weight excluding hydrogens is 188 g/mol. The Kier molecular flexibility index (Phi) is 2.29. The first-order valence-corrected chi connectivity index (χ1v) is 5.35. The number of fused-ring (bicyclic) bond motifs is 1. The van der Waals surface area contributed by atoms with E-state index >= 15 is 0 Å². The Bertz CT molecular complexity index is 383. The summed E-state index contributed by atoms with van der Waals surface area (Å²) in [6.45, 7) is 1.94. The molecule has 0 heterocycles. The summed E-state index contributed by atoms with van der Waals surface area (Å²) in [4.78, 5) is 0. The van der Waals surface area contributed by atoms with E-state index in [4.69, 9.17) is 0 Å². The van der Waals surface area contributed by atoms with Crippen molar-refractivity contribution in [2.45, 2.75) is 38.7 Å². The smallest absolute Gasteiger partial charge is 0.154 e. The van der Waals surface area contributed by atoms with Gasteiger partial charge in [-0.2, -0.15) is 10.5 Å². The highest BCUT2D eigenvalue weighted by Crippen LogP contribution is 2.52. The van der Waals surface area contributed by atoms with Crippen LogP contribution < -0.4 is 0 Å². The van der Waals surface area contributed by atoms with Gasteiger partial charge in [0.1, 0.15) is 0 Å². The molecule has 3 nitrogen and oxygen atoms in total. The van der Waals surface area contributed by atoms with E-state index < -0.39 is 11.5 Å². The van der Waals surface area contributed by atoms with Crippen LogP contribution in [0.5, 0.6) is 0 Å². The van der Waals surface area contributed by atoms with Gasteiger partial charge in [0.05, 0.1) is 18.2 Å². The molecule has 1 saturated carbocycles. The Hall–Kier alpha value is -1.32. The summed E-state index contributed by atoms with van der Waals surface area (Å²) in [5, 5.41) is 28.3. The van der Waals surface area contributed by atoms with Crippen molar-refractivity contribution in [2.24, 2.45) is 11.3 Å². The number of rotatable bonds is 0. The highest BCUT2D eigenvalue weighted by Gasteiger charge is 2.50. The summed E-state index contributed by atoms with van der Waals surface area (Å²) in [6.07, 6.45) is 2.64. The number of nitrogens with zero attached hydrogens (tertiary/aromatic N) is 2. The molecule has 2 rings (SSSR count). The second-order valence-corrected chi connectivity index (χ2v) is 4.61. The summed E-state index contributed by atoms with van der Waals surface area (Å²) >= 11 is 0. The van der Waals surface area contributed by atoms with Crippen LogP contribution in [-0.2, 0) is 0 Å². The van der Waals surface area contributed by atoms with Crippen molar-refractivity contribution in [2.75, 3.05) is 0 Å². The Morgan fingerprint density at radius 3 is 2.60 bits per heavy atom. The number of hydrogen-bond acceptors (Lipinski definition) is 3. The van der Waals surface area contributed by atoms with Crippen LogP contribution in [0.4, 0.5) is 0 Å². The topological polar surface area (TPSA) is 67.8 Å². The standard InChI is InChI=1S/C12H14N2O/c1-8-5-12(6-13,7-14)9-3-2-4-10(15)11(8)9/h9-10,15H,2-5H2,1H3/t9-,10+/m0/s1. The first-order chi connectivity index (χ1) is 7.14. The summed E-state index contributed by atoms with van der Waals surface area (Å²) in [6, 6.07) is 4.33. The van der Waals surface area contributed by atoms with E-state index in [1.54, 1.807) is 0 Å². The van der Waals surface area contributed by atoms with E-state index in [-0.39, 0.29) is 5.92 Å². The molecule has 2 aliphatic rings. The number of nitriles is 2. The molecule has 3 heteroatoms. The third kappa shape index (κ3) is 1.28. The first kappa shape index (κ1) is 10.2. The molecule has 0 aliphatic heterocycles. The quantitative estimate of drug-likeness (QED) is 0.610. The van der Waals surface area contributed by atoms with Crippen molar-refractivity contribution >= 4 is 0 Å². The van der Waals surface area contributed by atoms with E-state index in [1.807, 2.05) is 6.92 Å². The molecule has 0 radical (unpaired) electrons. The second-order valence-electron chi connectivity index (χ2n) is 4.61. The average molecular weight is 202 g/mol. The maximum Gasteiger partial charge on any atom is 0.154 e. The van der Waals surface area contributed by atoms with Crippen LogP contribution in [0.2, 0.25) is 0 Å². The van der Waals surface area contributed by atoms with Crippen molar-refractivity contribution in [3.05, 3.63) is 11.1 Å². The van der Waals surface area contributed by atoms with E-state index in [0.29, 0.717) is 6.42 Å². The maximum absolute atomic E-state index is 9.90. The van der Waals surface area contributed by atoms with Crippen molar-refractivity contribution in [1.29, 1.82) is 10.5 Å². The minimum absolute atomic E-state index is 0.0313. The Labute approximate surface area is 89.6 Å². The van der Waals surface area contributed by atoms with Crippen LogP contribution in [0.25, 0.3) is 0 Å². The minimum Gasteiger partial charge on any atom is -0.389 e. The fourth-order valence-electron chi connectivity index (χ4n) is 3.06. The second kappa shape index (κ2) is 3.36. The maximum atomic E-state index is 9.90. The average Bonchev–Trinajstić information content (AvgIpc) is 2.54. The zero-order valence-electron chi connectivity index (χ0n) is 8.82. The van der Waals surface area contributed by atoms with Gasteiger partial charge >= 0.3 is 0 Å². The molecular formula is C12H14N2O. The lowest BCUT2D eigenvalue weighted by Gasteiger charge is -2.31. The molecule has 0 saturated heterocycles. The normalized spacial score (nSPS) is 33.1. The predicted octanol–water partition coefficient (Wildman–Crippen LogP) is 1.90. The predicted molar refractivity (Wildman–Crippen MR) is 54.3 cm³/mol. The number of allylic oxidation sites excluding steroid dienone is 1. The third-order valence-corrected chi connectivity index (χ3v) is 3.74. The van der Waals surface area contributed by atoms with Crippen LogP contribution in [0.3, 0.4) is 0 Å². The Morgan fingerprint density at radius 2 is 2.00 bits per heavy atom. The van der Waals surface area contributed by atoms with Crippen LogP contribution in [0.15, 0.2) is 11.1 Å². The van der Waals surface area contributed by atoms with Crippen LogP contribution in [0, 0.1) is 34.0 Å². The van der Waals surface area contributed by atoms with Gasteiger partial charge in [-0.3, -0.25) is 0 Å². The molecule has 78 valence electrons. The van der Waals surface area contributed by atoms with E-state index in [9.17, 15) is 15.6 Å². The van der Waals surface area contributed by atoms with E-state index in [0.717, 1.165) is 30.4 Å². The molecule has 0 amide bonds. The van der Waals surface area contributed by atoms with Crippen molar-refractivity contribution in [1.82, 2.24) is 0 Å². The molecule has 0 bridgehead atoms. The first-order valence-electron chi connectivity index (χ1n) is 5.35. The van der Waals surface area contributed by atoms with Gasteiger partial charge in [-0.25, -0.2) is 0 Å². The van der Waals surface area contributed by atoms with Gasteiger partial charge < -0.3 is 5.11 Å². The summed E-state index contributed by atoms with van der Waals surface area (Å²) in [7, 11) is 0. The highest BCUT2D eigenvalue weighted by atomic mass is 16.3. The van der Waals surface area contributed by atoms with Crippen molar-refractivity contribution in [3.8, 4) is 12.1 Å². The molecule has 2 aliphatic carbocycles. The summed E-state index contributed by atoms with van der Waals surface area (Å²) in [5.41, 5.74) is 1.13. The zero-order valence-corrected chi connectivity index (χ0v) is 8.82. The monoisotopic (exact) mass is 202 g/mol. The van der Waals surface area contributed by atoms with Gasteiger partial charge in [-0.1, -0.05) is 5.57 Å². The molecule has 0 spiro atoms. The molecule has 2 atom stereocenters. The lowest BCUT2D eigenvalue weighted by Crippen LogP contribution is -2.31. The van der Waals surface area contributed by atoms with Gasteiger partial charge in [-0.15, -0.1) is 0 Å². The fourth-order valence-corrected chi connectivity index (χ4v) is 3.06. The lowest BCUT2D eigenvalue weighted by atomic mass is 9.71. The van der Waals surface area contributed by atoms with Gasteiger partial charge in [-0.05, 0) is 31.8 Å². The van der Waals surface area contributed by atoms with Crippen molar-refractivity contribution in [3.63, 3.8) is 0 Å². The summed E-state index contributed by atoms with van der Waals surface area (Å²) in [5.74, 6) is -0.0313. The SMILES string of the molecule is CC1=C2[C@H](O)CCC[C@@H]2C(C#N)(C#N)C1. The van der Waals surface area contributed by atoms with Crippen LogP contribution in [0.1, 0.15) is 32.6 Å². The Morgan fingerprint density at radius 1 is 1.33 bits per heavy atom. The fraction of sp³-hybridized carbons (Fsp3) is 0.667. The van der Waals surface area contributed by atoms with E-state index in [1.165, 1.54) is 0 Å².